The van der Waals surface area contributed by atoms with E-state index < -0.39 is 12.1 Å². The van der Waals surface area contributed by atoms with Gasteiger partial charge in [-0.25, -0.2) is 9.59 Å². The Labute approximate surface area is 124 Å². The highest BCUT2D eigenvalue weighted by Crippen LogP contribution is 2.28. The highest BCUT2D eigenvalue weighted by atomic mass is 79.9. The van der Waals surface area contributed by atoms with E-state index in [0.717, 1.165) is 11.3 Å². The van der Waals surface area contributed by atoms with Gasteiger partial charge in [-0.3, -0.25) is 4.68 Å². The van der Waals surface area contributed by atoms with Gasteiger partial charge in [0, 0.05) is 24.2 Å². The first-order valence-electron chi connectivity index (χ1n) is 6.36. The van der Waals surface area contributed by atoms with E-state index in [1.807, 2.05) is 0 Å². The number of carbonyl (C=O) groups excluding carboxylic acids is 1. The highest BCUT2D eigenvalue weighted by Gasteiger charge is 2.30. The fraction of sp³-hybridized carbons (Fsp3) is 0.583. The number of hydrogen-bond acceptors (Lipinski definition) is 4. The number of fused-ring (bicyclic) bond motifs is 1. The topological polar surface area (TPSA) is 84.7 Å². The molecule has 0 saturated carbocycles. The second-order valence-corrected chi connectivity index (χ2v) is 5.29. The summed E-state index contributed by atoms with van der Waals surface area (Å²) in [5, 5.41) is 13.3. The van der Waals surface area contributed by atoms with Crippen LogP contribution in [0.1, 0.15) is 31.1 Å². The molecule has 0 radical (unpaired) electrons. The lowest BCUT2D eigenvalue weighted by atomic mass is 10.1. The second kappa shape index (κ2) is 5.82. The first kappa shape index (κ1) is 14.8. The number of rotatable bonds is 3. The van der Waals surface area contributed by atoms with Crippen LogP contribution < -0.4 is 0 Å². The third kappa shape index (κ3) is 2.65. The molecular formula is C12H16BrN3O4. The molecule has 1 unspecified atom stereocenters. The molecule has 0 saturated heterocycles. The molecular weight excluding hydrogens is 330 g/mol. The van der Waals surface area contributed by atoms with Gasteiger partial charge in [-0.15, -0.1) is 0 Å². The number of carboxylic acid groups (broad SMARTS) is 1. The van der Waals surface area contributed by atoms with Crippen molar-refractivity contribution in [2.24, 2.45) is 0 Å². The minimum Gasteiger partial charge on any atom is -0.465 e. The molecule has 8 heteroatoms. The van der Waals surface area contributed by atoms with Gasteiger partial charge in [0.05, 0.1) is 13.2 Å². The number of ether oxygens (including phenoxy) is 1. The van der Waals surface area contributed by atoms with Crippen LogP contribution >= 0.6 is 15.9 Å². The molecule has 0 spiro atoms. The molecule has 0 aromatic carbocycles. The lowest BCUT2D eigenvalue weighted by molar-refractivity contribution is -0.146. The van der Waals surface area contributed by atoms with Crippen LogP contribution in [0.4, 0.5) is 4.79 Å². The summed E-state index contributed by atoms with van der Waals surface area (Å²) in [6.45, 7) is 4.47. The van der Waals surface area contributed by atoms with Gasteiger partial charge in [0.1, 0.15) is 10.6 Å². The number of carbonyl (C=O) groups is 2. The molecule has 1 amide bonds. The van der Waals surface area contributed by atoms with E-state index >= 15 is 0 Å². The first-order chi connectivity index (χ1) is 9.45. The van der Waals surface area contributed by atoms with Gasteiger partial charge < -0.3 is 14.7 Å². The smallest absolute Gasteiger partial charge is 0.407 e. The lowest BCUT2D eigenvalue weighted by Gasteiger charge is -2.25. The summed E-state index contributed by atoms with van der Waals surface area (Å²) in [5.41, 5.74) is 1.70. The normalized spacial score (nSPS) is 15.7. The molecule has 1 aromatic heterocycles. The Morgan fingerprint density at radius 2 is 2.25 bits per heavy atom. The molecule has 20 heavy (non-hydrogen) atoms. The van der Waals surface area contributed by atoms with Crippen LogP contribution in [0, 0.1) is 0 Å². The Hall–Kier alpha value is -1.57. The maximum absolute atomic E-state index is 11.8. The molecule has 1 aromatic rings. The van der Waals surface area contributed by atoms with E-state index in [0.29, 0.717) is 24.2 Å². The van der Waals surface area contributed by atoms with Crippen molar-refractivity contribution < 1.29 is 19.4 Å². The Morgan fingerprint density at radius 3 is 2.85 bits per heavy atom. The molecule has 0 bridgehead atoms. The molecule has 0 aliphatic carbocycles. The average molecular weight is 346 g/mol. The highest BCUT2D eigenvalue weighted by molar-refractivity contribution is 9.10. The standard InChI is InChI=1S/C12H16BrN3O4/c1-3-20-11(17)7(2)16-9-4-5-15(12(18)19)6-8(9)10(13)14-16/h7H,3-6H2,1-2H3,(H,18,19). The van der Waals surface area contributed by atoms with Gasteiger partial charge in [-0.1, -0.05) is 0 Å². The van der Waals surface area contributed by atoms with Crippen molar-refractivity contribution in [2.45, 2.75) is 32.9 Å². The van der Waals surface area contributed by atoms with Crippen molar-refractivity contribution in [3.05, 3.63) is 15.9 Å². The van der Waals surface area contributed by atoms with Gasteiger partial charge in [-0.2, -0.15) is 5.10 Å². The van der Waals surface area contributed by atoms with Crippen LogP contribution in [0.3, 0.4) is 0 Å². The molecule has 1 aliphatic heterocycles. The molecule has 1 atom stereocenters. The van der Waals surface area contributed by atoms with Crippen molar-refractivity contribution in [3.63, 3.8) is 0 Å². The van der Waals surface area contributed by atoms with Crippen molar-refractivity contribution >= 4 is 28.0 Å². The minimum atomic E-state index is -0.950. The third-order valence-electron chi connectivity index (χ3n) is 3.30. The monoisotopic (exact) mass is 345 g/mol. The molecule has 2 heterocycles. The summed E-state index contributed by atoms with van der Waals surface area (Å²) in [7, 11) is 0. The molecule has 7 nitrogen and oxygen atoms in total. The number of hydrogen-bond donors (Lipinski definition) is 1. The first-order valence-corrected chi connectivity index (χ1v) is 7.15. The van der Waals surface area contributed by atoms with Crippen molar-refractivity contribution in [2.75, 3.05) is 13.2 Å². The number of nitrogens with zero attached hydrogens (tertiary/aromatic N) is 3. The Bertz CT molecular complexity index is 543. The van der Waals surface area contributed by atoms with Gasteiger partial charge in [-0.05, 0) is 29.8 Å². The summed E-state index contributed by atoms with van der Waals surface area (Å²) in [6, 6.07) is -0.522. The summed E-state index contributed by atoms with van der Waals surface area (Å²) in [5.74, 6) is -0.342. The Balaban J connectivity index is 2.29. The minimum absolute atomic E-state index is 0.279. The lowest BCUT2D eigenvalue weighted by Crippen LogP contribution is -2.35. The maximum Gasteiger partial charge on any atom is 0.407 e. The third-order valence-corrected chi connectivity index (χ3v) is 3.94. The zero-order valence-corrected chi connectivity index (χ0v) is 12.9. The number of halogens is 1. The van der Waals surface area contributed by atoms with E-state index in [9.17, 15) is 9.59 Å². The van der Waals surface area contributed by atoms with E-state index in [1.54, 1.807) is 18.5 Å². The quantitative estimate of drug-likeness (QED) is 0.844. The van der Waals surface area contributed by atoms with E-state index in [4.69, 9.17) is 9.84 Å². The molecule has 0 fully saturated rings. The number of esters is 1. The zero-order valence-electron chi connectivity index (χ0n) is 11.3. The Kier molecular flexibility index (Phi) is 4.32. The van der Waals surface area contributed by atoms with Gasteiger partial charge in [0.25, 0.3) is 0 Å². The van der Waals surface area contributed by atoms with Gasteiger partial charge in [0.15, 0.2) is 0 Å². The van der Waals surface area contributed by atoms with Crippen molar-refractivity contribution in [1.82, 2.24) is 14.7 Å². The average Bonchev–Trinajstić information content (AvgIpc) is 2.75. The van der Waals surface area contributed by atoms with E-state index in [2.05, 4.69) is 21.0 Å². The van der Waals surface area contributed by atoms with Crippen LogP contribution in [0.2, 0.25) is 0 Å². The van der Waals surface area contributed by atoms with Gasteiger partial charge >= 0.3 is 12.1 Å². The maximum atomic E-state index is 11.8. The van der Waals surface area contributed by atoms with Crippen LogP contribution in [0.5, 0.6) is 0 Å². The SMILES string of the molecule is CCOC(=O)C(C)n1nc(Br)c2c1CCN(C(=O)O)C2. The van der Waals surface area contributed by atoms with E-state index in [-0.39, 0.29) is 12.5 Å². The largest absolute Gasteiger partial charge is 0.465 e. The van der Waals surface area contributed by atoms with Crippen molar-refractivity contribution in [1.29, 1.82) is 0 Å². The number of amides is 1. The van der Waals surface area contributed by atoms with Crippen LogP contribution in [0.15, 0.2) is 4.60 Å². The molecule has 2 rings (SSSR count). The van der Waals surface area contributed by atoms with Crippen LogP contribution in [-0.2, 0) is 22.5 Å². The fourth-order valence-corrected chi connectivity index (χ4v) is 2.78. The summed E-state index contributed by atoms with van der Waals surface area (Å²) in [4.78, 5) is 24.2. The molecule has 1 aliphatic rings. The van der Waals surface area contributed by atoms with Gasteiger partial charge in [0.2, 0.25) is 0 Å². The number of aromatic nitrogens is 2. The van der Waals surface area contributed by atoms with Crippen LogP contribution in [0.25, 0.3) is 0 Å². The fourth-order valence-electron chi connectivity index (χ4n) is 2.25. The summed E-state index contributed by atoms with van der Waals surface area (Å²) >= 11 is 3.33. The van der Waals surface area contributed by atoms with Crippen LogP contribution in [-0.4, -0.2) is 45.0 Å². The predicted molar refractivity (Wildman–Crippen MR) is 73.4 cm³/mol. The summed E-state index contributed by atoms with van der Waals surface area (Å²) < 4.78 is 7.20. The second-order valence-electron chi connectivity index (χ2n) is 4.54. The Morgan fingerprint density at radius 1 is 1.55 bits per heavy atom. The predicted octanol–water partition coefficient (Wildman–Crippen LogP) is 1.81. The van der Waals surface area contributed by atoms with E-state index in [1.165, 1.54) is 4.90 Å². The summed E-state index contributed by atoms with van der Waals surface area (Å²) in [6.07, 6.45) is -0.419. The zero-order chi connectivity index (χ0) is 14.9. The van der Waals surface area contributed by atoms with Crippen molar-refractivity contribution in [3.8, 4) is 0 Å². The molecule has 1 N–H and O–H groups in total. The molecule has 110 valence electrons.